The summed E-state index contributed by atoms with van der Waals surface area (Å²) in [7, 11) is 0. The molecule has 0 bridgehead atoms. The van der Waals surface area contributed by atoms with Crippen molar-refractivity contribution in [3.63, 3.8) is 0 Å². The van der Waals surface area contributed by atoms with E-state index in [1.54, 1.807) is 23.2 Å². The fourth-order valence-electron chi connectivity index (χ4n) is 1.32. The van der Waals surface area contributed by atoms with Crippen molar-refractivity contribution >= 4 is 33.8 Å². The molecular formula is C8H12AsN5. The minimum atomic E-state index is 0.453. The standard InChI is InChI=1S/C8H12AsN5/c9-2-1-3-14-5-13-6-7(10)11-4-12-8(6)14/h4-5H,1-3,9H2,(H2,10,11,12). The second-order valence-corrected chi connectivity index (χ2v) is 4.22. The molecule has 0 aliphatic heterocycles. The van der Waals surface area contributed by atoms with Crippen molar-refractivity contribution in [3.05, 3.63) is 12.7 Å². The number of nitrogen functional groups attached to an aromatic ring is 1. The van der Waals surface area contributed by atoms with E-state index in [1.807, 2.05) is 4.57 Å². The van der Waals surface area contributed by atoms with Gasteiger partial charge in [-0.15, -0.1) is 0 Å². The van der Waals surface area contributed by atoms with Crippen LogP contribution >= 0.6 is 0 Å². The maximum absolute atomic E-state index is 5.67. The van der Waals surface area contributed by atoms with Gasteiger partial charge in [0, 0.05) is 0 Å². The van der Waals surface area contributed by atoms with Crippen molar-refractivity contribution < 1.29 is 0 Å². The molecule has 0 amide bonds. The molecule has 2 heterocycles. The number of anilines is 1. The first-order chi connectivity index (χ1) is 6.83. The average Bonchev–Trinajstić information content (AvgIpc) is 2.60. The zero-order valence-corrected chi connectivity index (χ0v) is 10.1. The fourth-order valence-corrected chi connectivity index (χ4v) is 1.71. The van der Waals surface area contributed by atoms with Gasteiger partial charge in [0.1, 0.15) is 0 Å². The van der Waals surface area contributed by atoms with Crippen LogP contribution in [0.1, 0.15) is 6.42 Å². The number of nitrogens with two attached hydrogens (primary N) is 1. The molecule has 6 heteroatoms. The molecule has 2 aromatic rings. The van der Waals surface area contributed by atoms with Crippen molar-refractivity contribution in [1.29, 1.82) is 0 Å². The molecule has 1 atom stereocenters. The van der Waals surface area contributed by atoms with Crippen LogP contribution in [0.4, 0.5) is 5.82 Å². The first-order valence-corrected chi connectivity index (χ1v) is 6.15. The van der Waals surface area contributed by atoms with Crippen molar-refractivity contribution in [3.8, 4) is 0 Å². The van der Waals surface area contributed by atoms with Gasteiger partial charge in [-0.25, -0.2) is 0 Å². The first-order valence-electron chi connectivity index (χ1n) is 4.44. The van der Waals surface area contributed by atoms with Crippen molar-refractivity contribution in [2.45, 2.75) is 18.2 Å². The van der Waals surface area contributed by atoms with Crippen LogP contribution in [-0.2, 0) is 6.54 Å². The van der Waals surface area contributed by atoms with Crippen molar-refractivity contribution in [2.24, 2.45) is 0 Å². The molecule has 0 aliphatic carbocycles. The number of fused-ring (bicyclic) bond motifs is 1. The second kappa shape index (κ2) is 3.96. The zero-order chi connectivity index (χ0) is 9.97. The maximum atomic E-state index is 5.67. The molecule has 2 rings (SSSR count). The SMILES string of the molecule is Nc1ncnc2c1ncn2CCC[AsH2]. The van der Waals surface area contributed by atoms with E-state index in [0.717, 1.165) is 18.6 Å². The Kier molecular flexibility index (Phi) is 2.68. The Morgan fingerprint density at radius 2 is 2.21 bits per heavy atom. The van der Waals surface area contributed by atoms with Gasteiger partial charge in [-0.05, 0) is 0 Å². The summed E-state index contributed by atoms with van der Waals surface area (Å²) < 4.78 is 2.02. The quantitative estimate of drug-likeness (QED) is 0.772. The van der Waals surface area contributed by atoms with Gasteiger partial charge in [-0.3, -0.25) is 0 Å². The number of hydrogen-bond acceptors (Lipinski definition) is 4. The summed E-state index contributed by atoms with van der Waals surface area (Å²) in [6.07, 6.45) is 4.40. The van der Waals surface area contributed by atoms with Crippen LogP contribution in [-0.4, -0.2) is 36.4 Å². The summed E-state index contributed by atoms with van der Waals surface area (Å²) in [5, 5.41) is 1.22. The second-order valence-electron chi connectivity index (χ2n) is 3.01. The number of aromatic nitrogens is 4. The van der Waals surface area contributed by atoms with E-state index in [9.17, 15) is 0 Å². The van der Waals surface area contributed by atoms with E-state index in [2.05, 4.69) is 15.0 Å². The van der Waals surface area contributed by atoms with E-state index in [4.69, 9.17) is 5.73 Å². The molecule has 1 unspecified atom stereocenters. The molecule has 2 aromatic heterocycles. The van der Waals surface area contributed by atoms with Gasteiger partial charge in [-0.1, -0.05) is 0 Å². The summed E-state index contributed by atoms with van der Waals surface area (Å²) >= 11 is 1.75. The van der Waals surface area contributed by atoms with Crippen LogP contribution in [0.3, 0.4) is 0 Å². The molecule has 14 heavy (non-hydrogen) atoms. The number of hydrogen-bond donors (Lipinski definition) is 1. The molecule has 0 saturated heterocycles. The van der Waals surface area contributed by atoms with Gasteiger partial charge in [-0.2, -0.15) is 0 Å². The molecule has 0 radical (unpaired) electrons. The van der Waals surface area contributed by atoms with E-state index >= 15 is 0 Å². The molecule has 2 N–H and O–H groups in total. The zero-order valence-electron chi connectivity index (χ0n) is 7.72. The number of aryl methyl sites for hydroxylation is 1. The van der Waals surface area contributed by atoms with Gasteiger partial charge < -0.3 is 0 Å². The first kappa shape index (κ1) is 9.46. The van der Waals surface area contributed by atoms with Gasteiger partial charge in [0.25, 0.3) is 0 Å². The van der Waals surface area contributed by atoms with Crippen LogP contribution in [0.2, 0.25) is 5.21 Å². The third-order valence-electron chi connectivity index (χ3n) is 2.03. The van der Waals surface area contributed by atoms with Gasteiger partial charge in [0.15, 0.2) is 0 Å². The third-order valence-corrected chi connectivity index (χ3v) is 2.89. The Labute approximate surface area is 90.2 Å². The Morgan fingerprint density at radius 1 is 1.36 bits per heavy atom. The Hall–Kier alpha value is -1.09. The Balaban J connectivity index is 2.42. The van der Waals surface area contributed by atoms with Crippen LogP contribution in [0.5, 0.6) is 0 Å². The van der Waals surface area contributed by atoms with Gasteiger partial charge in [0.2, 0.25) is 0 Å². The Morgan fingerprint density at radius 3 is 3.00 bits per heavy atom. The van der Waals surface area contributed by atoms with Crippen molar-refractivity contribution in [1.82, 2.24) is 19.5 Å². The van der Waals surface area contributed by atoms with Crippen LogP contribution in [0.15, 0.2) is 12.7 Å². The predicted molar refractivity (Wildman–Crippen MR) is 57.7 cm³/mol. The summed E-state index contributed by atoms with van der Waals surface area (Å²) in [5.41, 5.74) is 7.21. The molecule has 0 saturated carbocycles. The summed E-state index contributed by atoms with van der Waals surface area (Å²) in [4.78, 5) is 12.3. The summed E-state index contributed by atoms with van der Waals surface area (Å²) in [6, 6.07) is 0. The van der Waals surface area contributed by atoms with Gasteiger partial charge in [0.05, 0.1) is 0 Å². The minimum absolute atomic E-state index is 0.453. The van der Waals surface area contributed by atoms with Crippen LogP contribution in [0.25, 0.3) is 11.2 Å². The van der Waals surface area contributed by atoms with Crippen LogP contribution < -0.4 is 5.73 Å². The van der Waals surface area contributed by atoms with E-state index in [-0.39, 0.29) is 0 Å². The van der Waals surface area contributed by atoms with E-state index < -0.39 is 0 Å². The predicted octanol–water partition coefficient (Wildman–Crippen LogP) is -0.150. The molecule has 0 aliphatic rings. The fraction of sp³-hybridized carbons (Fsp3) is 0.375. The number of nitrogens with zero attached hydrogens (tertiary/aromatic N) is 4. The molecule has 5 nitrogen and oxygen atoms in total. The molecule has 0 aromatic carbocycles. The summed E-state index contributed by atoms with van der Waals surface area (Å²) in [6.45, 7) is 0.950. The molecule has 0 fully saturated rings. The van der Waals surface area contributed by atoms with Gasteiger partial charge >= 0.3 is 89.9 Å². The van der Waals surface area contributed by atoms with E-state index in [1.165, 1.54) is 11.5 Å². The topological polar surface area (TPSA) is 69.6 Å². The average molecular weight is 253 g/mol. The Bertz CT molecular complexity index is 438. The third kappa shape index (κ3) is 1.60. The van der Waals surface area contributed by atoms with Crippen molar-refractivity contribution in [2.75, 3.05) is 5.73 Å². The molecule has 0 spiro atoms. The molecular weight excluding hydrogens is 241 g/mol. The number of rotatable bonds is 3. The van der Waals surface area contributed by atoms with Crippen LogP contribution in [0, 0.1) is 0 Å². The normalized spacial score (nSPS) is 10.9. The summed E-state index contributed by atoms with van der Waals surface area (Å²) in [5.74, 6) is 0.453. The monoisotopic (exact) mass is 253 g/mol. The number of imidazole rings is 1. The van der Waals surface area contributed by atoms with E-state index in [0.29, 0.717) is 11.3 Å². The molecule has 74 valence electrons.